The lowest BCUT2D eigenvalue weighted by Gasteiger charge is -2.24. The van der Waals surface area contributed by atoms with Gasteiger partial charge in [0.15, 0.2) is 6.23 Å². The van der Waals surface area contributed by atoms with Gasteiger partial charge in [0.2, 0.25) is 0 Å². The van der Waals surface area contributed by atoms with Gasteiger partial charge in [-0.3, -0.25) is 0 Å². The minimum Gasteiger partial charge on any atom is -0.423 e. The first-order chi connectivity index (χ1) is 11.7. The third-order valence-electron chi connectivity index (χ3n) is 5.04. The molecule has 0 bridgehead atoms. The van der Waals surface area contributed by atoms with Gasteiger partial charge < -0.3 is 19.5 Å². The Labute approximate surface area is 141 Å². The molecule has 1 aromatic carbocycles. The normalized spacial score (nSPS) is 21.4. The summed E-state index contributed by atoms with van der Waals surface area (Å²) in [6.07, 6.45) is 6.96. The Hall–Kier alpha value is -1.41. The number of methoxy groups -OCH3 is 1. The Morgan fingerprint density at radius 3 is 2.79 bits per heavy atom. The van der Waals surface area contributed by atoms with Gasteiger partial charge >= 0.3 is 7.12 Å². The molecule has 2 N–H and O–H groups in total. The number of rotatable bonds is 5. The highest BCUT2D eigenvalue weighted by Gasteiger charge is 2.34. The van der Waals surface area contributed by atoms with E-state index in [9.17, 15) is 10.0 Å². The summed E-state index contributed by atoms with van der Waals surface area (Å²) in [4.78, 5) is 0. The first-order valence-electron chi connectivity index (χ1n) is 8.70. The van der Waals surface area contributed by atoms with Crippen molar-refractivity contribution in [2.24, 2.45) is 0 Å². The van der Waals surface area contributed by atoms with E-state index < -0.39 is 7.12 Å². The molecule has 2 fully saturated rings. The highest BCUT2D eigenvalue weighted by molar-refractivity contribution is 6.62. The smallest absolute Gasteiger partial charge is 0.423 e. The van der Waals surface area contributed by atoms with Gasteiger partial charge in [-0.1, -0.05) is 0 Å². The molecule has 4 rings (SSSR count). The molecule has 1 unspecified atom stereocenters. The maximum absolute atomic E-state index is 10.0. The van der Waals surface area contributed by atoms with Crippen LogP contribution in [0.2, 0.25) is 0 Å². The molecular formula is C17H23BN2O4. The molecule has 2 aromatic rings. The minimum atomic E-state index is -1.51. The fraction of sp³-hybridized carbons (Fsp3) is 0.588. The Morgan fingerprint density at radius 1 is 1.33 bits per heavy atom. The van der Waals surface area contributed by atoms with Crippen LogP contribution in [-0.4, -0.2) is 40.7 Å². The SMILES string of the molecule is COCc1cc2c(cnn2C2CCCCO2)c(B(O)O)c1C1CC1. The minimum absolute atomic E-state index is 0.0814. The number of ether oxygens (including phenoxy) is 2. The molecule has 128 valence electrons. The van der Waals surface area contributed by atoms with E-state index >= 15 is 0 Å². The maximum Gasteiger partial charge on any atom is 0.489 e. The predicted octanol–water partition coefficient (Wildman–Crippen LogP) is 1.44. The van der Waals surface area contributed by atoms with Gasteiger partial charge in [0.25, 0.3) is 0 Å². The summed E-state index contributed by atoms with van der Waals surface area (Å²) >= 11 is 0. The molecule has 1 atom stereocenters. The summed E-state index contributed by atoms with van der Waals surface area (Å²) in [5.74, 6) is 0.394. The van der Waals surface area contributed by atoms with Crippen molar-refractivity contribution in [3.8, 4) is 0 Å². The molecule has 2 aliphatic rings. The second kappa shape index (κ2) is 6.48. The van der Waals surface area contributed by atoms with E-state index in [2.05, 4.69) is 11.2 Å². The summed E-state index contributed by atoms with van der Waals surface area (Å²) in [5, 5.41) is 25.4. The zero-order valence-electron chi connectivity index (χ0n) is 13.9. The average Bonchev–Trinajstić information content (AvgIpc) is 3.34. The van der Waals surface area contributed by atoms with E-state index in [-0.39, 0.29) is 6.23 Å². The topological polar surface area (TPSA) is 76.7 Å². The van der Waals surface area contributed by atoms with Crippen molar-refractivity contribution in [2.45, 2.75) is 50.9 Å². The fourth-order valence-corrected chi connectivity index (χ4v) is 3.84. The second-order valence-corrected chi connectivity index (χ2v) is 6.79. The van der Waals surface area contributed by atoms with Crippen LogP contribution in [0.25, 0.3) is 10.9 Å². The van der Waals surface area contributed by atoms with Crippen molar-refractivity contribution in [3.63, 3.8) is 0 Å². The molecule has 1 saturated heterocycles. The van der Waals surface area contributed by atoms with Crippen molar-refractivity contribution in [3.05, 3.63) is 23.4 Å². The van der Waals surface area contributed by atoms with Crippen molar-refractivity contribution in [1.29, 1.82) is 0 Å². The van der Waals surface area contributed by atoms with Gasteiger partial charge in [0.1, 0.15) is 0 Å². The van der Waals surface area contributed by atoms with Crippen LogP contribution < -0.4 is 5.46 Å². The third-order valence-corrected chi connectivity index (χ3v) is 5.04. The first kappa shape index (κ1) is 16.1. The van der Waals surface area contributed by atoms with E-state index in [0.29, 0.717) is 18.0 Å². The van der Waals surface area contributed by atoms with Gasteiger partial charge in [-0.15, -0.1) is 0 Å². The Morgan fingerprint density at radius 2 is 2.17 bits per heavy atom. The second-order valence-electron chi connectivity index (χ2n) is 6.79. The van der Waals surface area contributed by atoms with Crippen molar-refractivity contribution in [1.82, 2.24) is 9.78 Å². The highest BCUT2D eigenvalue weighted by atomic mass is 16.5. The van der Waals surface area contributed by atoms with E-state index in [0.717, 1.165) is 60.7 Å². The van der Waals surface area contributed by atoms with Crippen molar-refractivity contribution >= 4 is 23.5 Å². The van der Waals surface area contributed by atoms with Crippen LogP contribution in [0.3, 0.4) is 0 Å². The Kier molecular flexibility index (Phi) is 4.34. The summed E-state index contributed by atoms with van der Waals surface area (Å²) in [6, 6.07) is 2.09. The predicted molar refractivity (Wildman–Crippen MR) is 91.1 cm³/mol. The summed E-state index contributed by atoms with van der Waals surface area (Å²) in [7, 11) is 0.155. The van der Waals surface area contributed by atoms with Crippen LogP contribution in [0.4, 0.5) is 0 Å². The number of benzene rings is 1. The molecule has 2 heterocycles. The van der Waals surface area contributed by atoms with Gasteiger partial charge in [0.05, 0.1) is 18.3 Å². The molecule has 0 amide bonds. The standard InChI is InChI=1S/C17H23BN2O4/c1-23-10-12-8-14-13(17(18(21)22)16(12)11-5-6-11)9-19-20(14)15-4-2-3-7-24-15/h8-9,11,15,21-22H,2-7,10H2,1H3. The molecule has 7 heteroatoms. The maximum atomic E-state index is 10.0. The molecule has 0 radical (unpaired) electrons. The van der Waals surface area contributed by atoms with Crippen molar-refractivity contribution in [2.75, 3.05) is 13.7 Å². The van der Waals surface area contributed by atoms with Crippen molar-refractivity contribution < 1.29 is 19.5 Å². The lowest BCUT2D eigenvalue weighted by molar-refractivity contribution is -0.0366. The number of hydrogen-bond acceptors (Lipinski definition) is 5. The van der Waals surface area contributed by atoms with E-state index in [1.54, 1.807) is 13.3 Å². The summed E-state index contributed by atoms with van der Waals surface area (Å²) in [5.41, 5.74) is 3.53. The molecule has 0 spiro atoms. The lowest BCUT2D eigenvalue weighted by atomic mass is 9.72. The summed E-state index contributed by atoms with van der Waals surface area (Å²) < 4.78 is 13.1. The number of aromatic nitrogens is 2. The van der Waals surface area contributed by atoms with Gasteiger partial charge in [0, 0.05) is 19.1 Å². The molecule has 24 heavy (non-hydrogen) atoms. The molecule has 1 aromatic heterocycles. The van der Waals surface area contributed by atoms with E-state index in [1.807, 2.05) is 4.68 Å². The van der Waals surface area contributed by atoms with E-state index in [4.69, 9.17) is 9.47 Å². The van der Waals surface area contributed by atoms with Crippen LogP contribution in [0, 0.1) is 0 Å². The number of nitrogens with zero attached hydrogens (tertiary/aromatic N) is 2. The van der Waals surface area contributed by atoms with Crippen LogP contribution in [0.1, 0.15) is 55.4 Å². The monoisotopic (exact) mass is 330 g/mol. The highest BCUT2D eigenvalue weighted by Crippen LogP contribution is 2.42. The quantitative estimate of drug-likeness (QED) is 0.812. The zero-order chi connectivity index (χ0) is 16.7. The first-order valence-corrected chi connectivity index (χ1v) is 8.70. The van der Waals surface area contributed by atoms with Gasteiger partial charge in [-0.2, -0.15) is 5.10 Å². The molecular weight excluding hydrogens is 307 g/mol. The zero-order valence-corrected chi connectivity index (χ0v) is 13.9. The Balaban J connectivity index is 1.89. The summed E-state index contributed by atoms with van der Waals surface area (Å²) in [6.45, 7) is 1.20. The fourth-order valence-electron chi connectivity index (χ4n) is 3.84. The number of hydrogen-bond donors (Lipinski definition) is 2. The molecule has 1 aliphatic heterocycles. The molecule has 1 aliphatic carbocycles. The average molecular weight is 330 g/mol. The van der Waals surface area contributed by atoms with Gasteiger partial charge in [-0.25, -0.2) is 4.68 Å². The van der Waals surface area contributed by atoms with Gasteiger partial charge in [-0.05, 0) is 60.7 Å². The number of fused-ring (bicyclic) bond motifs is 1. The third kappa shape index (κ3) is 2.75. The van der Waals surface area contributed by atoms with Crippen LogP contribution >= 0.6 is 0 Å². The van der Waals surface area contributed by atoms with E-state index in [1.165, 1.54) is 0 Å². The van der Waals surface area contributed by atoms with Crippen LogP contribution in [-0.2, 0) is 16.1 Å². The largest absolute Gasteiger partial charge is 0.489 e. The lowest BCUT2D eigenvalue weighted by Crippen LogP contribution is -2.34. The Bertz CT molecular complexity index is 736. The molecule has 1 saturated carbocycles. The van der Waals surface area contributed by atoms with Crippen LogP contribution in [0.5, 0.6) is 0 Å². The van der Waals surface area contributed by atoms with Crippen LogP contribution in [0.15, 0.2) is 12.3 Å². The molecule has 6 nitrogen and oxygen atoms in total.